The molecule has 2 aliphatic heterocycles. The second-order valence-electron chi connectivity index (χ2n) is 26.1. The van der Waals surface area contributed by atoms with Crippen LogP contribution in [0.2, 0.25) is 0 Å². The van der Waals surface area contributed by atoms with E-state index in [2.05, 4.69) is 226 Å². The van der Waals surface area contributed by atoms with Gasteiger partial charge in [0, 0.05) is 55.3 Å². The minimum Gasteiger partial charge on any atom is -0.311 e. The van der Waals surface area contributed by atoms with Crippen LogP contribution in [0.25, 0.3) is 0 Å². The van der Waals surface area contributed by atoms with Crippen molar-refractivity contribution < 1.29 is 4.11 Å². The van der Waals surface area contributed by atoms with E-state index in [4.69, 9.17) is 0 Å². The van der Waals surface area contributed by atoms with Crippen LogP contribution in [0.15, 0.2) is 133 Å². The fourth-order valence-corrected chi connectivity index (χ4v) is 14.4. The van der Waals surface area contributed by atoms with E-state index in [1.165, 1.54) is 49.9 Å². The van der Waals surface area contributed by atoms with E-state index in [-0.39, 0.29) is 39.2 Å². The third-order valence-corrected chi connectivity index (χ3v) is 18.3. The zero-order valence-electron chi connectivity index (χ0n) is 47.7. The molecule has 5 aliphatic rings. The van der Waals surface area contributed by atoms with Crippen molar-refractivity contribution in [1.82, 2.24) is 0 Å². The monoisotopic (exact) mass is 935 g/mol. The number of nitrogens with zero attached hydrogens (tertiary/aromatic N) is 3. The van der Waals surface area contributed by atoms with Gasteiger partial charge in [-0.25, -0.2) is 0 Å². The van der Waals surface area contributed by atoms with Crippen molar-refractivity contribution in [3.63, 3.8) is 0 Å². The van der Waals surface area contributed by atoms with Crippen molar-refractivity contribution in [2.45, 2.75) is 161 Å². The molecule has 0 unspecified atom stereocenters. The number of hydrogen-bond acceptors (Lipinski definition) is 3. The molecule has 0 N–H and O–H groups in total. The van der Waals surface area contributed by atoms with Crippen molar-refractivity contribution in [3.05, 3.63) is 178 Å². The van der Waals surface area contributed by atoms with Gasteiger partial charge in [0.2, 0.25) is 0 Å². The zero-order valence-corrected chi connectivity index (χ0v) is 44.7. The number of hydrogen-bond donors (Lipinski definition) is 0. The van der Waals surface area contributed by atoms with E-state index in [0.29, 0.717) is 5.56 Å². The Balaban J connectivity index is 1.22. The average molecular weight is 935 g/mol. The molecule has 0 fully saturated rings. The van der Waals surface area contributed by atoms with Crippen molar-refractivity contribution in [2.24, 2.45) is 0 Å². The molecule has 0 atom stereocenters. The molecular weight excluding hydrogens is 858 g/mol. The van der Waals surface area contributed by atoms with Crippen LogP contribution in [-0.2, 0) is 32.5 Å². The number of rotatable bonds is 5. The topological polar surface area (TPSA) is 9.72 Å². The molecule has 0 aromatic heterocycles. The smallest absolute Gasteiger partial charge is 0.252 e. The van der Waals surface area contributed by atoms with Crippen LogP contribution in [0.5, 0.6) is 0 Å². The van der Waals surface area contributed by atoms with Gasteiger partial charge >= 0.3 is 0 Å². The molecule has 0 saturated heterocycles. The first kappa shape index (κ1) is 42.7. The normalized spacial score (nSPS) is 20.5. The minimum absolute atomic E-state index is 0.0177. The molecule has 0 radical (unpaired) electrons. The van der Waals surface area contributed by atoms with Crippen LogP contribution in [0.1, 0.15) is 164 Å². The highest BCUT2D eigenvalue weighted by Gasteiger charge is 2.49. The Morgan fingerprint density at radius 3 is 1.49 bits per heavy atom. The van der Waals surface area contributed by atoms with Gasteiger partial charge in [-0.05, 0) is 212 Å². The fraction of sp³-hybridized carbons (Fsp3) is 0.373. The standard InChI is InChI=1S/C67H74BN3/c1-42-33-59-61-60(34-42)71(56-39-52-49(35-43(56)2)62(3,4)29-31-64(52,7)8)58-40-53-51(63(5,6)30-32-65(53,9)10)38-55(58)68(61)54-28-26-47(69(44-21-17-15-18-22-44)45-23-19-16-20-24-45)37-57(54)70(59)46-25-27-48-50(36-46)67(13,14)41-66(48,11)12/h15-28,33-40H,29-32,41H2,1-14H3/i1D3. The first-order valence-electron chi connectivity index (χ1n) is 28.0. The Hall–Kier alpha value is -6.00. The molecule has 12 rings (SSSR count). The molecule has 0 bridgehead atoms. The van der Waals surface area contributed by atoms with Gasteiger partial charge in [0.1, 0.15) is 0 Å². The van der Waals surface area contributed by atoms with Crippen LogP contribution >= 0.6 is 0 Å². The Morgan fingerprint density at radius 1 is 0.423 bits per heavy atom. The van der Waals surface area contributed by atoms with E-state index >= 15 is 0 Å². The molecule has 0 spiro atoms. The summed E-state index contributed by atoms with van der Waals surface area (Å²) in [7, 11) is 0. The number of aryl methyl sites for hydroxylation is 2. The quantitative estimate of drug-likeness (QED) is 0.159. The summed E-state index contributed by atoms with van der Waals surface area (Å²) < 4.78 is 27.9. The number of fused-ring (bicyclic) bond motifs is 7. The van der Waals surface area contributed by atoms with Crippen LogP contribution in [-0.4, -0.2) is 6.71 Å². The summed E-state index contributed by atoms with van der Waals surface area (Å²) in [5, 5.41) is 0. The SMILES string of the molecule is [2H]C([2H])([2H])c1cc2c3c(c1)N(c1cc4c(cc1C)C(C)(C)CCC4(C)C)c1cc4c(cc1B3c1ccc(N(c3ccccc3)c3ccccc3)cc1N2c1ccc2c(c1)C(C)(C)CC2(C)C)C(C)(C)CCC4(C)C. The summed E-state index contributed by atoms with van der Waals surface area (Å²) in [6.45, 7) is 28.6. The van der Waals surface area contributed by atoms with Gasteiger partial charge in [-0.2, -0.15) is 0 Å². The lowest BCUT2D eigenvalue weighted by molar-refractivity contribution is 0.331. The third-order valence-electron chi connectivity index (χ3n) is 18.3. The van der Waals surface area contributed by atoms with Crippen molar-refractivity contribution >= 4 is 74.3 Å². The molecule has 3 aliphatic carbocycles. The van der Waals surface area contributed by atoms with E-state index < -0.39 is 6.85 Å². The molecule has 0 amide bonds. The highest BCUT2D eigenvalue weighted by atomic mass is 15.2. The number of para-hydroxylation sites is 2. The highest BCUT2D eigenvalue weighted by molar-refractivity contribution is 7.00. The fourth-order valence-electron chi connectivity index (χ4n) is 14.4. The summed E-state index contributed by atoms with van der Waals surface area (Å²) in [5.41, 5.74) is 22.8. The molecule has 4 heteroatoms. The van der Waals surface area contributed by atoms with Crippen LogP contribution in [0.4, 0.5) is 51.2 Å². The second-order valence-corrected chi connectivity index (χ2v) is 26.1. The van der Waals surface area contributed by atoms with Gasteiger partial charge in [-0.3, -0.25) is 0 Å². The zero-order chi connectivity index (χ0) is 52.4. The summed E-state index contributed by atoms with van der Waals surface area (Å²) >= 11 is 0. The predicted octanol–water partition coefficient (Wildman–Crippen LogP) is 16.5. The van der Waals surface area contributed by atoms with Crippen LogP contribution < -0.4 is 31.1 Å². The molecule has 7 aromatic rings. The molecule has 0 saturated carbocycles. The first-order valence-corrected chi connectivity index (χ1v) is 26.5. The summed E-state index contributed by atoms with van der Waals surface area (Å²) in [6.07, 6.45) is 5.48. The molecular formula is C67H74BN3. The van der Waals surface area contributed by atoms with Gasteiger partial charge in [0.25, 0.3) is 6.71 Å². The predicted molar refractivity (Wildman–Crippen MR) is 306 cm³/mol. The van der Waals surface area contributed by atoms with Gasteiger partial charge < -0.3 is 14.7 Å². The summed E-state index contributed by atoms with van der Waals surface area (Å²) in [4.78, 5) is 7.31. The lowest BCUT2D eigenvalue weighted by atomic mass is 9.33. The highest BCUT2D eigenvalue weighted by Crippen LogP contribution is 2.55. The van der Waals surface area contributed by atoms with Gasteiger partial charge in [0.15, 0.2) is 0 Å². The first-order chi connectivity index (χ1) is 34.7. The van der Waals surface area contributed by atoms with Crippen LogP contribution in [0, 0.1) is 13.8 Å². The van der Waals surface area contributed by atoms with E-state index in [1.54, 1.807) is 0 Å². The lowest BCUT2D eigenvalue weighted by Crippen LogP contribution is -2.62. The molecule has 7 aromatic carbocycles. The summed E-state index contributed by atoms with van der Waals surface area (Å²) in [6, 6.07) is 49.7. The third kappa shape index (κ3) is 6.96. The van der Waals surface area contributed by atoms with E-state index in [0.717, 1.165) is 88.8 Å². The Labute approximate surface area is 430 Å². The van der Waals surface area contributed by atoms with Crippen molar-refractivity contribution in [3.8, 4) is 0 Å². The molecule has 71 heavy (non-hydrogen) atoms. The van der Waals surface area contributed by atoms with E-state index in [1.807, 2.05) is 12.1 Å². The van der Waals surface area contributed by atoms with Crippen molar-refractivity contribution in [1.29, 1.82) is 0 Å². The lowest BCUT2D eigenvalue weighted by Gasteiger charge is -2.48. The van der Waals surface area contributed by atoms with Crippen molar-refractivity contribution in [2.75, 3.05) is 14.7 Å². The Kier molecular flexibility index (Phi) is 9.17. The molecule has 2 heterocycles. The minimum atomic E-state index is -2.39. The number of anilines is 9. The maximum absolute atomic E-state index is 9.31. The van der Waals surface area contributed by atoms with Gasteiger partial charge in [0.05, 0.1) is 0 Å². The largest absolute Gasteiger partial charge is 0.311 e. The van der Waals surface area contributed by atoms with Crippen LogP contribution in [0.3, 0.4) is 0 Å². The molecule has 3 nitrogen and oxygen atoms in total. The maximum Gasteiger partial charge on any atom is 0.252 e. The van der Waals surface area contributed by atoms with E-state index in [9.17, 15) is 4.11 Å². The second kappa shape index (κ2) is 15.3. The molecule has 360 valence electrons. The average Bonchev–Trinajstić information content (AvgIpc) is 3.57. The summed E-state index contributed by atoms with van der Waals surface area (Å²) in [5.74, 6) is 0. The number of benzene rings is 7. The Bertz CT molecular complexity index is 3410. The Morgan fingerprint density at radius 2 is 0.915 bits per heavy atom. The van der Waals surface area contributed by atoms with Gasteiger partial charge in [-0.1, -0.05) is 144 Å². The maximum atomic E-state index is 9.31. The van der Waals surface area contributed by atoms with Gasteiger partial charge in [-0.15, -0.1) is 0 Å².